The Balaban J connectivity index is 1.61. The summed E-state index contributed by atoms with van der Waals surface area (Å²) in [5.74, 6) is 0.705. The standard InChI is InChI=1S/C20H20N4O5/c1-12-21-17(10-29-12)20(26)22-16-9-28-11-18(16)24-19(25)7-6-15(23-24)13-4-3-5-14(8-13)27-2/h3-8,10,16,18H,9,11H2,1-2H3,(H,22,26). The van der Waals surface area contributed by atoms with Gasteiger partial charge in [0.2, 0.25) is 0 Å². The van der Waals surface area contributed by atoms with Crippen LogP contribution in [0, 0.1) is 6.92 Å². The number of aromatic nitrogens is 3. The Morgan fingerprint density at radius 1 is 1.28 bits per heavy atom. The van der Waals surface area contributed by atoms with Gasteiger partial charge in [0.25, 0.3) is 11.5 Å². The van der Waals surface area contributed by atoms with Crippen molar-refractivity contribution < 1.29 is 18.7 Å². The monoisotopic (exact) mass is 396 g/mol. The molecule has 1 amide bonds. The number of methoxy groups -OCH3 is 1. The van der Waals surface area contributed by atoms with E-state index >= 15 is 0 Å². The molecule has 29 heavy (non-hydrogen) atoms. The first-order valence-corrected chi connectivity index (χ1v) is 9.10. The summed E-state index contributed by atoms with van der Waals surface area (Å²) >= 11 is 0. The lowest BCUT2D eigenvalue weighted by atomic mass is 10.1. The molecule has 0 aliphatic carbocycles. The lowest BCUT2D eigenvalue weighted by Gasteiger charge is -2.20. The molecule has 0 bridgehead atoms. The van der Waals surface area contributed by atoms with Crippen molar-refractivity contribution in [3.8, 4) is 17.0 Å². The number of amides is 1. The molecule has 0 radical (unpaired) electrons. The van der Waals surface area contributed by atoms with Crippen LogP contribution in [0.1, 0.15) is 22.4 Å². The zero-order valence-corrected chi connectivity index (χ0v) is 16.0. The molecule has 0 spiro atoms. The molecule has 3 aromatic rings. The number of hydrogen-bond donors (Lipinski definition) is 1. The van der Waals surface area contributed by atoms with E-state index in [2.05, 4.69) is 15.4 Å². The molecule has 0 saturated carbocycles. The van der Waals surface area contributed by atoms with Crippen LogP contribution in [0.25, 0.3) is 11.3 Å². The van der Waals surface area contributed by atoms with Crippen molar-refractivity contribution in [3.05, 3.63) is 64.6 Å². The summed E-state index contributed by atoms with van der Waals surface area (Å²) in [5.41, 5.74) is 1.34. The van der Waals surface area contributed by atoms with E-state index in [-0.39, 0.29) is 30.4 Å². The summed E-state index contributed by atoms with van der Waals surface area (Å²) in [4.78, 5) is 28.9. The smallest absolute Gasteiger partial charge is 0.273 e. The molecule has 4 rings (SSSR count). The van der Waals surface area contributed by atoms with Crippen LogP contribution in [0.3, 0.4) is 0 Å². The van der Waals surface area contributed by atoms with Gasteiger partial charge in [-0.3, -0.25) is 9.59 Å². The third-order valence-electron chi connectivity index (χ3n) is 4.72. The topological polar surface area (TPSA) is 108 Å². The summed E-state index contributed by atoms with van der Waals surface area (Å²) in [6.45, 7) is 2.19. The minimum atomic E-state index is -0.440. The molecule has 1 aromatic carbocycles. The van der Waals surface area contributed by atoms with E-state index in [4.69, 9.17) is 13.9 Å². The Kier molecular flexibility index (Phi) is 5.13. The molecule has 9 nitrogen and oxygen atoms in total. The third kappa shape index (κ3) is 3.90. The summed E-state index contributed by atoms with van der Waals surface area (Å²) < 4.78 is 17.2. The van der Waals surface area contributed by atoms with Gasteiger partial charge >= 0.3 is 0 Å². The summed E-state index contributed by atoms with van der Waals surface area (Å²) in [7, 11) is 1.59. The number of aryl methyl sites for hydroxylation is 1. The average Bonchev–Trinajstić information content (AvgIpc) is 3.37. The molecule has 1 aliphatic heterocycles. The first kappa shape index (κ1) is 18.9. The van der Waals surface area contributed by atoms with Gasteiger partial charge in [0.05, 0.1) is 32.1 Å². The highest BCUT2D eigenvalue weighted by molar-refractivity contribution is 5.92. The predicted molar refractivity (Wildman–Crippen MR) is 103 cm³/mol. The fourth-order valence-electron chi connectivity index (χ4n) is 3.23. The number of nitrogens with zero attached hydrogens (tertiary/aromatic N) is 3. The van der Waals surface area contributed by atoms with Gasteiger partial charge < -0.3 is 19.2 Å². The lowest BCUT2D eigenvalue weighted by molar-refractivity contribution is 0.0919. The molecule has 1 N–H and O–H groups in total. The Morgan fingerprint density at radius 3 is 2.90 bits per heavy atom. The SMILES string of the molecule is COc1cccc(-c2ccc(=O)n(C3COCC3NC(=O)c3coc(C)n3)n2)c1. The Bertz CT molecular complexity index is 1090. The molecule has 2 unspecified atom stereocenters. The number of carbonyl (C=O) groups is 1. The molecule has 1 aliphatic rings. The number of carbonyl (C=O) groups excluding carboxylic acids is 1. The van der Waals surface area contributed by atoms with Crippen LogP contribution < -0.4 is 15.6 Å². The largest absolute Gasteiger partial charge is 0.497 e. The number of rotatable bonds is 5. The molecule has 2 atom stereocenters. The van der Waals surface area contributed by atoms with Crippen LogP contribution in [0.15, 0.2) is 51.9 Å². The predicted octanol–water partition coefficient (Wildman–Crippen LogP) is 1.59. The zero-order valence-electron chi connectivity index (χ0n) is 16.0. The van der Waals surface area contributed by atoms with E-state index in [1.165, 1.54) is 17.0 Å². The van der Waals surface area contributed by atoms with Crippen LogP contribution in [0.5, 0.6) is 5.75 Å². The van der Waals surface area contributed by atoms with E-state index in [1.807, 2.05) is 24.3 Å². The van der Waals surface area contributed by atoms with Gasteiger partial charge in [0.1, 0.15) is 18.1 Å². The van der Waals surface area contributed by atoms with Gasteiger partial charge in [-0.2, -0.15) is 5.10 Å². The van der Waals surface area contributed by atoms with Crippen molar-refractivity contribution in [2.45, 2.75) is 19.0 Å². The van der Waals surface area contributed by atoms with Crippen LogP contribution >= 0.6 is 0 Å². The van der Waals surface area contributed by atoms with Crippen molar-refractivity contribution >= 4 is 5.91 Å². The van der Waals surface area contributed by atoms with Crippen molar-refractivity contribution in [3.63, 3.8) is 0 Å². The van der Waals surface area contributed by atoms with Crippen molar-refractivity contribution in [1.29, 1.82) is 0 Å². The van der Waals surface area contributed by atoms with Gasteiger partial charge in [0.15, 0.2) is 11.6 Å². The highest BCUT2D eigenvalue weighted by atomic mass is 16.5. The normalized spacial score (nSPS) is 18.6. The van der Waals surface area contributed by atoms with Crippen LogP contribution in [-0.2, 0) is 4.74 Å². The third-order valence-corrected chi connectivity index (χ3v) is 4.72. The first-order valence-electron chi connectivity index (χ1n) is 9.10. The molecule has 150 valence electrons. The van der Waals surface area contributed by atoms with Crippen molar-refractivity contribution in [2.24, 2.45) is 0 Å². The van der Waals surface area contributed by atoms with Gasteiger partial charge in [0, 0.05) is 18.6 Å². The Morgan fingerprint density at radius 2 is 2.14 bits per heavy atom. The highest BCUT2D eigenvalue weighted by Gasteiger charge is 2.33. The highest BCUT2D eigenvalue weighted by Crippen LogP contribution is 2.23. The van der Waals surface area contributed by atoms with Crippen LogP contribution in [0.4, 0.5) is 0 Å². The molecular formula is C20H20N4O5. The fourth-order valence-corrected chi connectivity index (χ4v) is 3.23. The summed E-state index contributed by atoms with van der Waals surface area (Å²) in [6, 6.07) is 9.67. The summed E-state index contributed by atoms with van der Waals surface area (Å²) in [6.07, 6.45) is 1.29. The van der Waals surface area contributed by atoms with E-state index in [9.17, 15) is 9.59 Å². The maximum Gasteiger partial charge on any atom is 0.273 e. The Hall–Kier alpha value is -3.46. The molecule has 1 fully saturated rings. The van der Waals surface area contributed by atoms with E-state index in [1.54, 1.807) is 20.1 Å². The number of hydrogen-bond acceptors (Lipinski definition) is 7. The Labute approximate surface area is 166 Å². The van der Waals surface area contributed by atoms with E-state index < -0.39 is 12.1 Å². The van der Waals surface area contributed by atoms with Gasteiger partial charge in [-0.1, -0.05) is 12.1 Å². The maximum atomic E-state index is 12.5. The number of oxazole rings is 1. The number of nitrogens with one attached hydrogen (secondary N) is 1. The second-order valence-corrected chi connectivity index (χ2v) is 6.67. The zero-order chi connectivity index (χ0) is 20.4. The van der Waals surface area contributed by atoms with E-state index in [0.717, 1.165) is 5.56 Å². The first-order chi connectivity index (χ1) is 14.0. The van der Waals surface area contributed by atoms with Gasteiger partial charge in [-0.15, -0.1) is 0 Å². The van der Waals surface area contributed by atoms with Crippen LogP contribution in [-0.4, -0.2) is 47.0 Å². The number of benzene rings is 1. The summed E-state index contributed by atoms with van der Waals surface area (Å²) in [5, 5.41) is 7.37. The number of ether oxygens (including phenoxy) is 2. The van der Waals surface area contributed by atoms with Gasteiger partial charge in [-0.05, 0) is 18.2 Å². The van der Waals surface area contributed by atoms with Crippen molar-refractivity contribution in [2.75, 3.05) is 20.3 Å². The molecule has 3 heterocycles. The second-order valence-electron chi connectivity index (χ2n) is 6.67. The molecular weight excluding hydrogens is 376 g/mol. The quantitative estimate of drug-likeness (QED) is 0.697. The fraction of sp³-hybridized carbons (Fsp3) is 0.300. The minimum Gasteiger partial charge on any atom is -0.497 e. The molecule has 1 saturated heterocycles. The van der Waals surface area contributed by atoms with Gasteiger partial charge in [-0.25, -0.2) is 9.67 Å². The van der Waals surface area contributed by atoms with Crippen LogP contribution in [0.2, 0.25) is 0 Å². The molecule has 9 heteroatoms. The maximum absolute atomic E-state index is 12.5. The minimum absolute atomic E-state index is 0.179. The molecule has 2 aromatic heterocycles. The second kappa shape index (κ2) is 7.88. The van der Waals surface area contributed by atoms with Crippen molar-refractivity contribution in [1.82, 2.24) is 20.1 Å². The average molecular weight is 396 g/mol. The van der Waals surface area contributed by atoms with E-state index in [0.29, 0.717) is 17.3 Å². The lowest BCUT2D eigenvalue weighted by Crippen LogP contribution is -2.44.